The summed E-state index contributed by atoms with van der Waals surface area (Å²) in [6, 6.07) is 9.49. The summed E-state index contributed by atoms with van der Waals surface area (Å²) in [5.74, 6) is -0.269. The summed E-state index contributed by atoms with van der Waals surface area (Å²) < 4.78 is 59.3. The number of hydrogen-bond donors (Lipinski definition) is 1. The summed E-state index contributed by atoms with van der Waals surface area (Å²) in [7, 11) is 0. The third-order valence-electron chi connectivity index (χ3n) is 5.58. The zero-order valence-corrected chi connectivity index (χ0v) is 28.5. The maximum absolute atomic E-state index is 11.6. The molecule has 0 saturated heterocycles. The van der Waals surface area contributed by atoms with Crippen LogP contribution in [0.25, 0.3) is 0 Å². The van der Waals surface area contributed by atoms with E-state index in [4.69, 9.17) is 52.1 Å². The number of alkyl carbamates (subject to hydrolysis) is 1. The van der Waals surface area contributed by atoms with Crippen LogP contribution in [0.4, 0.5) is 4.79 Å². The highest BCUT2D eigenvalue weighted by Gasteiger charge is 2.15. The first kappa shape index (κ1) is 42.6. The predicted molar refractivity (Wildman–Crippen MR) is 172 cm³/mol. The van der Waals surface area contributed by atoms with Crippen LogP contribution in [-0.4, -0.2) is 143 Å². The van der Waals surface area contributed by atoms with Crippen LogP contribution >= 0.6 is 0 Å². The van der Waals surface area contributed by atoms with Gasteiger partial charge < -0.3 is 57.4 Å². The fourth-order valence-electron chi connectivity index (χ4n) is 3.41. The highest BCUT2D eigenvalue weighted by atomic mass is 16.6. The second kappa shape index (κ2) is 30.9. The Morgan fingerprint density at radius 3 is 1.28 bits per heavy atom. The van der Waals surface area contributed by atoms with Gasteiger partial charge in [-0.3, -0.25) is 4.79 Å². The molecule has 0 unspecified atom stereocenters. The molecule has 0 atom stereocenters. The fraction of sp³-hybridized carbons (Fsp3) is 0.758. The second-order valence-corrected chi connectivity index (χ2v) is 10.8. The highest BCUT2D eigenvalue weighted by Crippen LogP contribution is 2.08. The number of esters is 1. The Morgan fingerprint density at radius 1 is 0.532 bits per heavy atom. The lowest BCUT2D eigenvalue weighted by Gasteiger charge is -2.19. The summed E-state index contributed by atoms with van der Waals surface area (Å²) in [4.78, 5) is 23.2. The van der Waals surface area contributed by atoms with Crippen LogP contribution in [0.3, 0.4) is 0 Å². The molecule has 0 radical (unpaired) electrons. The van der Waals surface area contributed by atoms with E-state index in [0.29, 0.717) is 125 Å². The van der Waals surface area contributed by atoms with Gasteiger partial charge in [-0.25, -0.2) is 4.79 Å². The van der Waals surface area contributed by atoms with Crippen LogP contribution in [0.15, 0.2) is 30.3 Å². The molecule has 0 fully saturated rings. The average molecular weight is 676 g/mol. The Bertz CT molecular complexity index is 855. The van der Waals surface area contributed by atoms with E-state index in [1.807, 2.05) is 51.1 Å². The first-order valence-corrected chi connectivity index (χ1v) is 16.2. The Kier molecular flexibility index (Phi) is 28.0. The zero-order valence-electron chi connectivity index (χ0n) is 28.5. The van der Waals surface area contributed by atoms with E-state index in [-0.39, 0.29) is 19.0 Å². The standard InChI is InChI=1S/C33H57NO13/c1-33(2,3)47-31(35)9-11-37-13-15-39-17-19-41-21-23-43-25-27-45-28-26-44-24-22-42-20-18-40-16-14-38-12-10-34-32(36)46-29-30-7-5-4-6-8-30/h4-8H,9-29H2,1-3H3,(H,34,36). The number of ether oxygens (including phenoxy) is 11. The molecule has 1 N–H and O–H groups in total. The number of carbonyl (C=O) groups excluding carboxylic acids is 2. The summed E-state index contributed by atoms with van der Waals surface area (Å²) >= 11 is 0. The van der Waals surface area contributed by atoms with E-state index in [2.05, 4.69) is 5.32 Å². The smallest absolute Gasteiger partial charge is 0.407 e. The van der Waals surface area contributed by atoms with E-state index < -0.39 is 11.7 Å². The normalized spacial score (nSPS) is 11.5. The van der Waals surface area contributed by atoms with Crippen LogP contribution in [0.2, 0.25) is 0 Å². The van der Waals surface area contributed by atoms with Crippen LogP contribution in [0.1, 0.15) is 32.8 Å². The van der Waals surface area contributed by atoms with Crippen molar-refractivity contribution in [3.8, 4) is 0 Å². The van der Waals surface area contributed by atoms with Gasteiger partial charge >= 0.3 is 12.1 Å². The molecule has 0 bridgehead atoms. The molecular weight excluding hydrogens is 618 g/mol. The van der Waals surface area contributed by atoms with Crippen molar-refractivity contribution in [2.75, 3.05) is 125 Å². The number of hydrogen-bond acceptors (Lipinski definition) is 13. The third kappa shape index (κ3) is 31.9. The monoisotopic (exact) mass is 675 g/mol. The molecule has 0 aliphatic carbocycles. The first-order valence-electron chi connectivity index (χ1n) is 16.2. The number of nitrogens with one attached hydrogen (secondary N) is 1. The van der Waals surface area contributed by atoms with Crippen molar-refractivity contribution in [1.29, 1.82) is 0 Å². The van der Waals surface area contributed by atoms with Gasteiger partial charge in [0.05, 0.1) is 125 Å². The summed E-state index contributed by atoms with van der Waals surface area (Å²) in [5.41, 5.74) is 0.458. The quantitative estimate of drug-likeness (QED) is 0.0883. The van der Waals surface area contributed by atoms with Gasteiger partial charge in [-0.05, 0) is 26.3 Å². The summed E-state index contributed by atoms with van der Waals surface area (Å²) in [6.45, 7) is 14.2. The molecule has 0 aliphatic rings. The van der Waals surface area contributed by atoms with E-state index >= 15 is 0 Å². The number of rotatable bonds is 32. The first-order chi connectivity index (χ1) is 22.9. The van der Waals surface area contributed by atoms with Gasteiger partial charge in [0.25, 0.3) is 0 Å². The molecule has 1 aromatic carbocycles. The Labute approximate surface area is 279 Å². The number of amides is 1. The van der Waals surface area contributed by atoms with Gasteiger partial charge in [0.2, 0.25) is 0 Å². The van der Waals surface area contributed by atoms with E-state index in [1.165, 1.54) is 0 Å². The number of benzene rings is 1. The maximum Gasteiger partial charge on any atom is 0.407 e. The van der Waals surface area contributed by atoms with Crippen molar-refractivity contribution >= 4 is 12.1 Å². The van der Waals surface area contributed by atoms with Crippen LogP contribution in [0, 0.1) is 0 Å². The largest absolute Gasteiger partial charge is 0.460 e. The minimum absolute atomic E-state index is 0.228. The van der Waals surface area contributed by atoms with E-state index in [1.54, 1.807) is 0 Å². The minimum Gasteiger partial charge on any atom is -0.460 e. The van der Waals surface area contributed by atoms with Crippen molar-refractivity contribution in [2.24, 2.45) is 0 Å². The van der Waals surface area contributed by atoms with Crippen molar-refractivity contribution in [1.82, 2.24) is 5.32 Å². The van der Waals surface area contributed by atoms with Crippen LogP contribution in [0.5, 0.6) is 0 Å². The molecule has 14 heteroatoms. The molecule has 0 aliphatic heterocycles. The number of carbonyl (C=O) groups is 2. The molecule has 0 spiro atoms. The zero-order chi connectivity index (χ0) is 34.1. The predicted octanol–water partition coefficient (Wildman–Crippen LogP) is 2.79. The molecule has 0 heterocycles. The van der Waals surface area contributed by atoms with E-state index in [9.17, 15) is 9.59 Å². The van der Waals surface area contributed by atoms with Gasteiger partial charge in [-0.15, -0.1) is 0 Å². The van der Waals surface area contributed by atoms with Crippen molar-refractivity contribution in [3.05, 3.63) is 35.9 Å². The second-order valence-electron chi connectivity index (χ2n) is 10.8. The molecule has 1 amide bonds. The molecule has 47 heavy (non-hydrogen) atoms. The van der Waals surface area contributed by atoms with Crippen molar-refractivity contribution < 1.29 is 61.7 Å². The molecule has 1 rings (SSSR count). The third-order valence-corrected chi connectivity index (χ3v) is 5.58. The van der Waals surface area contributed by atoms with Gasteiger partial charge in [0.1, 0.15) is 12.2 Å². The lowest BCUT2D eigenvalue weighted by Crippen LogP contribution is -2.28. The minimum atomic E-state index is -0.477. The summed E-state index contributed by atoms with van der Waals surface area (Å²) in [6.07, 6.45) is -0.245. The van der Waals surface area contributed by atoms with Gasteiger partial charge in [0, 0.05) is 6.54 Å². The maximum atomic E-state index is 11.6. The molecule has 0 saturated carbocycles. The summed E-state index contributed by atoms with van der Waals surface area (Å²) in [5, 5.41) is 2.64. The average Bonchev–Trinajstić information content (AvgIpc) is 3.04. The van der Waals surface area contributed by atoms with Gasteiger partial charge in [0.15, 0.2) is 0 Å². The van der Waals surface area contributed by atoms with Crippen LogP contribution < -0.4 is 5.32 Å². The molecule has 1 aromatic rings. The lowest BCUT2D eigenvalue weighted by atomic mass is 10.2. The lowest BCUT2D eigenvalue weighted by molar-refractivity contribution is -0.156. The molecule has 0 aromatic heterocycles. The van der Waals surface area contributed by atoms with Gasteiger partial charge in [-0.2, -0.15) is 0 Å². The molecule has 272 valence electrons. The Balaban J connectivity index is 1.66. The fourth-order valence-corrected chi connectivity index (χ4v) is 3.41. The SMILES string of the molecule is CC(C)(C)OC(=O)CCOCCOCCOCCOCCOCCOCCOCCOCCOCCNC(=O)OCc1ccccc1. The topological polar surface area (TPSA) is 148 Å². The van der Waals surface area contributed by atoms with E-state index in [0.717, 1.165) is 5.56 Å². The Morgan fingerprint density at radius 2 is 0.894 bits per heavy atom. The van der Waals surface area contributed by atoms with Crippen LogP contribution in [-0.2, 0) is 63.5 Å². The van der Waals surface area contributed by atoms with Gasteiger partial charge in [-0.1, -0.05) is 30.3 Å². The van der Waals surface area contributed by atoms with Crippen molar-refractivity contribution in [3.63, 3.8) is 0 Å². The van der Waals surface area contributed by atoms with Crippen molar-refractivity contribution in [2.45, 2.75) is 39.4 Å². The molecular formula is C33H57NO13. The highest BCUT2D eigenvalue weighted by molar-refractivity contribution is 5.69. The molecule has 14 nitrogen and oxygen atoms in total. The Hall–Kier alpha value is -2.40.